The van der Waals surface area contributed by atoms with Crippen LogP contribution in [0.2, 0.25) is 0 Å². The summed E-state index contributed by atoms with van der Waals surface area (Å²) in [5, 5.41) is 3.34. The lowest BCUT2D eigenvalue weighted by Crippen LogP contribution is -2.18. The van der Waals surface area contributed by atoms with Crippen LogP contribution in [0, 0.1) is 0 Å². The maximum absolute atomic E-state index is 5.30. The molecule has 0 N–H and O–H groups in total. The van der Waals surface area contributed by atoms with Crippen LogP contribution in [0.4, 0.5) is 17.3 Å². The Hall–Kier alpha value is -7.52. The van der Waals surface area contributed by atoms with Crippen molar-refractivity contribution < 1.29 is 0 Å². The summed E-state index contributed by atoms with van der Waals surface area (Å²) in [5.41, 5.74) is 10.1. The molecule has 0 saturated heterocycles. The highest BCUT2D eigenvalue weighted by Gasteiger charge is 2.28. The van der Waals surface area contributed by atoms with Crippen molar-refractivity contribution in [3.63, 3.8) is 0 Å². The van der Waals surface area contributed by atoms with E-state index in [1.54, 1.807) is 23.1 Å². The number of hydrogen-bond donors (Lipinski definition) is 0. The van der Waals surface area contributed by atoms with Crippen LogP contribution in [0.1, 0.15) is 0 Å². The van der Waals surface area contributed by atoms with E-state index in [9.17, 15) is 0 Å². The van der Waals surface area contributed by atoms with Crippen molar-refractivity contribution in [2.24, 2.45) is 0 Å². The zero-order chi connectivity index (χ0) is 40.3. The lowest BCUT2D eigenvalue weighted by Gasteiger charge is -2.31. The van der Waals surface area contributed by atoms with E-state index in [0.29, 0.717) is 23.4 Å². The van der Waals surface area contributed by atoms with E-state index < -0.39 is 0 Å². The van der Waals surface area contributed by atoms with Crippen molar-refractivity contribution in [2.75, 3.05) is 4.90 Å². The molecule has 8 aromatic carbocycles. The molecule has 286 valence electrons. The minimum atomic E-state index is 0.641. The highest BCUT2D eigenvalue weighted by atomic mass is 32.2. The third-order valence-corrected chi connectivity index (χ3v) is 13.4. The Balaban J connectivity index is 0.993. The zero-order valence-electron chi connectivity index (χ0n) is 32.5. The molecule has 4 heterocycles. The second-order valence-corrected chi connectivity index (χ2v) is 17.0. The number of anilines is 3. The summed E-state index contributed by atoms with van der Waals surface area (Å²) in [4.78, 5) is 30.2. The topological polar surface area (TPSA) is 67.7 Å². The van der Waals surface area contributed by atoms with Crippen LogP contribution < -0.4 is 4.90 Å². The van der Waals surface area contributed by atoms with Gasteiger partial charge in [-0.25, -0.2) is 24.9 Å². The van der Waals surface area contributed by atoms with Crippen molar-refractivity contribution in [3.8, 4) is 56.5 Å². The molecule has 0 unspecified atom stereocenters. The third kappa shape index (κ3) is 6.23. The van der Waals surface area contributed by atoms with Crippen molar-refractivity contribution >= 4 is 71.5 Å². The van der Waals surface area contributed by atoms with Gasteiger partial charge in [0.1, 0.15) is 0 Å². The van der Waals surface area contributed by atoms with E-state index in [1.807, 2.05) is 72.8 Å². The van der Waals surface area contributed by atoms with Crippen LogP contribution in [0.3, 0.4) is 0 Å². The van der Waals surface area contributed by atoms with Crippen LogP contribution in [-0.4, -0.2) is 24.9 Å². The summed E-state index contributed by atoms with van der Waals surface area (Å²) in [6.45, 7) is 0. The second kappa shape index (κ2) is 14.6. The molecule has 0 amide bonds. The molecule has 61 heavy (non-hydrogen) atoms. The lowest BCUT2D eigenvalue weighted by molar-refractivity contribution is 1.07. The average molecular weight is 817 g/mol. The molecule has 0 atom stereocenters. The minimum absolute atomic E-state index is 0.641. The fourth-order valence-electron chi connectivity index (χ4n) is 8.25. The lowest BCUT2D eigenvalue weighted by atomic mass is 10.00. The van der Waals surface area contributed by atoms with E-state index in [-0.39, 0.29) is 0 Å². The molecular weight excluding hydrogens is 785 g/mol. The molecular formula is C53H32N6S2. The summed E-state index contributed by atoms with van der Waals surface area (Å²) in [6.07, 6.45) is 0. The van der Waals surface area contributed by atoms with Crippen LogP contribution in [0.15, 0.2) is 204 Å². The Morgan fingerprint density at radius 3 is 1.77 bits per heavy atom. The molecule has 0 spiro atoms. The smallest absolute Gasteiger partial charge is 0.235 e. The van der Waals surface area contributed by atoms with Gasteiger partial charge in [0.25, 0.3) is 0 Å². The maximum Gasteiger partial charge on any atom is 0.235 e. The van der Waals surface area contributed by atoms with E-state index >= 15 is 0 Å². The fraction of sp³-hybridized carbons (Fsp3) is 0. The first-order chi connectivity index (χ1) is 30.2. The number of para-hydroxylation sites is 2. The summed E-state index contributed by atoms with van der Waals surface area (Å²) < 4.78 is 2.40. The van der Waals surface area contributed by atoms with Gasteiger partial charge >= 0.3 is 0 Å². The summed E-state index contributed by atoms with van der Waals surface area (Å²) >= 11 is 3.58. The molecule has 0 bridgehead atoms. The Morgan fingerprint density at radius 1 is 0.377 bits per heavy atom. The van der Waals surface area contributed by atoms with Gasteiger partial charge in [-0.1, -0.05) is 157 Å². The van der Waals surface area contributed by atoms with Gasteiger partial charge in [-0.05, 0) is 59.7 Å². The highest BCUT2D eigenvalue weighted by Crippen LogP contribution is 2.52. The Morgan fingerprint density at radius 2 is 1.00 bits per heavy atom. The summed E-state index contributed by atoms with van der Waals surface area (Å²) in [6, 6.07) is 67.5. The van der Waals surface area contributed by atoms with Gasteiger partial charge in [-0.15, -0.1) is 11.3 Å². The molecule has 0 aliphatic carbocycles. The van der Waals surface area contributed by atoms with E-state index in [0.717, 1.165) is 76.5 Å². The molecule has 1 aliphatic rings. The van der Waals surface area contributed by atoms with Gasteiger partial charge in [0.2, 0.25) is 5.95 Å². The first-order valence-electron chi connectivity index (χ1n) is 20.1. The summed E-state index contributed by atoms with van der Waals surface area (Å²) in [7, 11) is 0. The van der Waals surface area contributed by atoms with Crippen molar-refractivity contribution in [3.05, 3.63) is 194 Å². The number of hydrogen-bond acceptors (Lipinski definition) is 8. The number of fused-ring (bicyclic) bond motifs is 6. The van der Waals surface area contributed by atoms with E-state index in [1.165, 1.54) is 14.8 Å². The predicted molar refractivity (Wildman–Crippen MR) is 252 cm³/mol. The molecule has 0 radical (unpaired) electrons. The number of aromatic nitrogens is 5. The molecule has 0 saturated carbocycles. The Labute approximate surface area is 359 Å². The zero-order valence-corrected chi connectivity index (χ0v) is 34.1. The standard InChI is InChI=1S/C53H32N6S2/c1-4-15-33(16-5-1)49-38-21-10-11-23-41(38)54-53(55-49)59-42-24-12-13-25-45(42)61-47-32-37(27-29-43(47)59)36-28-30-44-40(31-36)48-39(22-14-26-46(48)60-44)52-57-50(34-17-6-2-7-18-34)56-51(58-52)35-19-8-3-9-20-35/h1-32H. The van der Waals surface area contributed by atoms with Gasteiger partial charge in [0.05, 0.1) is 22.6 Å². The molecule has 8 heteroatoms. The van der Waals surface area contributed by atoms with Crippen LogP contribution >= 0.6 is 23.1 Å². The largest absolute Gasteiger partial charge is 0.277 e. The minimum Gasteiger partial charge on any atom is -0.277 e. The maximum atomic E-state index is 5.30. The first kappa shape index (κ1) is 35.4. The molecule has 6 nitrogen and oxygen atoms in total. The number of thiophene rings is 1. The van der Waals surface area contributed by atoms with Gasteiger partial charge in [-0.3, -0.25) is 4.90 Å². The van der Waals surface area contributed by atoms with Gasteiger partial charge in [0.15, 0.2) is 17.5 Å². The molecule has 11 aromatic rings. The van der Waals surface area contributed by atoms with Gasteiger partial charge < -0.3 is 0 Å². The molecule has 3 aromatic heterocycles. The summed E-state index contributed by atoms with van der Waals surface area (Å²) in [5.74, 6) is 2.59. The van der Waals surface area contributed by atoms with E-state index in [2.05, 4.69) is 126 Å². The third-order valence-electron chi connectivity index (χ3n) is 11.1. The normalized spacial score (nSPS) is 12.2. The number of benzene rings is 8. The second-order valence-electron chi connectivity index (χ2n) is 14.9. The van der Waals surface area contributed by atoms with Crippen LogP contribution in [-0.2, 0) is 0 Å². The monoisotopic (exact) mass is 816 g/mol. The van der Waals surface area contributed by atoms with Crippen molar-refractivity contribution in [1.82, 2.24) is 24.9 Å². The molecule has 0 fully saturated rings. The molecule has 12 rings (SSSR count). The highest BCUT2D eigenvalue weighted by molar-refractivity contribution is 7.99. The van der Waals surface area contributed by atoms with Crippen molar-refractivity contribution in [2.45, 2.75) is 9.79 Å². The Bertz CT molecular complexity index is 3410. The quantitative estimate of drug-likeness (QED) is 0.166. The van der Waals surface area contributed by atoms with Crippen LogP contribution in [0.5, 0.6) is 0 Å². The van der Waals surface area contributed by atoms with Crippen LogP contribution in [0.25, 0.3) is 87.6 Å². The fourth-order valence-corrected chi connectivity index (χ4v) is 10.5. The SMILES string of the molecule is c1ccc(-c2nc(-c3ccccc3)nc(-c3cccc4sc5ccc(-c6ccc7c(c6)Sc6ccccc6N7c6nc(-c7ccccc7)c7ccccc7n6)cc5c34)n2)cc1. The predicted octanol–water partition coefficient (Wildman–Crippen LogP) is 14.5. The first-order valence-corrected chi connectivity index (χ1v) is 21.7. The average Bonchev–Trinajstić information content (AvgIpc) is 3.72. The number of nitrogens with zero attached hydrogens (tertiary/aromatic N) is 6. The number of rotatable bonds is 6. The van der Waals surface area contributed by atoms with E-state index in [4.69, 9.17) is 24.9 Å². The molecule has 1 aliphatic heterocycles. The van der Waals surface area contributed by atoms with Gasteiger partial charge in [-0.2, -0.15) is 0 Å². The van der Waals surface area contributed by atoms with Gasteiger partial charge in [0, 0.05) is 57.6 Å². The Kier molecular flexibility index (Phi) is 8.50. The van der Waals surface area contributed by atoms with Crippen molar-refractivity contribution in [1.29, 1.82) is 0 Å².